The number of carbonyl (C=O) groups is 2. The molecule has 0 aliphatic heterocycles. The maximum atomic E-state index is 10.9. The summed E-state index contributed by atoms with van der Waals surface area (Å²) >= 11 is 1.41. The molecule has 0 saturated heterocycles. The van der Waals surface area contributed by atoms with E-state index in [9.17, 15) is 9.59 Å². The van der Waals surface area contributed by atoms with E-state index in [1.807, 2.05) is 6.07 Å². The molecule has 0 fully saturated rings. The van der Waals surface area contributed by atoms with Crippen molar-refractivity contribution in [1.29, 1.82) is 0 Å². The van der Waals surface area contributed by atoms with Gasteiger partial charge in [-0.2, -0.15) is 0 Å². The molecule has 5 nitrogen and oxygen atoms in total. The summed E-state index contributed by atoms with van der Waals surface area (Å²) in [5.74, 6) is -0.555. The van der Waals surface area contributed by atoms with Crippen LogP contribution in [0.25, 0.3) is 10.1 Å². The number of nitrogens with zero attached hydrogens (tertiary/aromatic N) is 2. The van der Waals surface area contributed by atoms with Crippen LogP contribution in [0.4, 0.5) is 5.00 Å². The van der Waals surface area contributed by atoms with Crippen LogP contribution < -0.4 is 10.6 Å². The van der Waals surface area contributed by atoms with E-state index >= 15 is 0 Å². The summed E-state index contributed by atoms with van der Waals surface area (Å²) in [6.07, 6.45) is 2.31. The van der Waals surface area contributed by atoms with Gasteiger partial charge in [0.1, 0.15) is 5.69 Å². The summed E-state index contributed by atoms with van der Waals surface area (Å²) in [7, 11) is 1.67. The molecule has 0 aliphatic rings. The fraction of sp³-hybridized carbons (Fsp3) is 0.100. The Morgan fingerprint density at radius 3 is 2.94 bits per heavy atom. The maximum Gasteiger partial charge on any atom is 0.267 e. The van der Waals surface area contributed by atoms with Crippen molar-refractivity contribution < 1.29 is 9.59 Å². The van der Waals surface area contributed by atoms with Crippen LogP contribution in [0.1, 0.15) is 10.5 Å². The van der Waals surface area contributed by atoms with E-state index in [-0.39, 0.29) is 5.69 Å². The van der Waals surface area contributed by atoms with Gasteiger partial charge in [0.25, 0.3) is 5.91 Å². The quantitative estimate of drug-likeness (QED) is 0.806. The minimum absolute atomic E-state index is 0.231. The molecule has 82 valence electrons. The molecule has 2 aromatic heterocycles. The second-order valence-electron chi connectivity index (χ2n) is 3.27. The van der Waals surface area contributed by atoms with E-state index in [0.717, 1.165) is 21.5 Å². The van der Waals surface area contributed by atoms with Gasteiger partial charge in [0.05, 0.1) is 5.00 Å². The van der Waals surface area contributed by atoms with Crippen LogP contribution >= 0.6 is 11.3 Å². The molecule has 2 N–H and O–H groups in total. The van der Waals surface area contributed by atoms with Crippen LogP contribution in [0.2, 0.25) is 0 Å². The van der Waals surface area contributed by atoms with Crippen LogP contribution in [0.15, 0.2) is 18.3 Å². The summed E-state index contributed by atoms with van der Waals surface area (Å²) in [6, 6.07) is 3.47. The third kappa shape index (κ3) is 1.74. The SMILES string of the molecule is CN(C=O)c1cc2cnc(C(N)=O)cc2s1. The van der Waals surface area contributed by atoms with Crippen molar-refractivity contribution in [2.75, 3.05) is 11.9 Å². The van der Waals surface area contributed by atoms with E-state index in [0.29, 0.717) is 0 Å². The van der Waals surface area contributed by atoms with Gasteiger partial charge >= 0.3 is 0 Å². The monoisotopic (exact) mass is 235 g/mol. The average Bonchev–Trinajstić information content (AvgIpc) is 2.70. The standard InChI is InChI=1S/C10H9N3O2S/c1-13(5-14)9-2-6-4-12-7(10(11)15)3-8(6)16-9/h2-5H,1H3,(H2,11,15). The first-order valence-electron chi connectivity index (χ1n) is 4.49. The van der Waals surface area contributed by atoms with Crippen LogP contribution in [0.5, 0.6) is 0 Å². The van der Waals surface area contributed by atoms with Crippen molar-refractivity contribution in [3.63, 3.8) is 0 Å². The lowest BCUT2D eigenvalue weighted by atomic mass is 10.3. The zero-order valence-corrected chi connectivity index (χ0v) is 9.32. The van der Waals surface area contributed by atoms with E-state index in [2.05, 4.69) is 4.98 Å². The van der Waals surface area contributed by atoms with Crippen LogP contribution in [-0.2, 0) is 4.79 Å². The van der Waals surface area contributed by atoms with Gasteiger partial charge in [-0.1, -0.05) is 0 Å². The first kappa shape index (κ1) is 10.6. The number of primary amides is 1. The highest BCUT2D eigenvalue weighted by Gasteiger charge is 2.08. The topological polar surface area (TPSA) is 76.3 Å². The van der Waals surface area contributed by atoms with Crippen molar-refractivity contribution in [3.8, 4) is 0 Å². The molecule has 0 aliphatic carbocycles. The van der Waals surface area contributed by atoms with Crippen LogP contribution in [0.3, 0.4) is 0 Å². The molecule has 0 radical (unpaired) electrons. The minimum Gasteiger partial charge on any atom is -0.364 e. The lowest BCUT2D eigenvalue weighted by molar-refractivity contribution is -0.107. The number of fused-ring (bicyclic) bond motifs is 1. The van der Waals surface area contributed by atoms with Crippen molar-refractivity contribution >= 4 is 38.7 Å². The number of pyridine rings is 1. The Kier molecular flexibility index (Phi) is 2.57. The fourth-order valence-electron chi connectivity index (χ4n) is 1.28. The molecule has 2 rings (SSSR count). The molecule has 6 heteroatoms. The molecular weight excluding hydrogens is 226 g/mol. The Balaban J connectivity index is 2.53. The Bertz CT molecular complexity index is 564. The second-order valence-corrected chi connectivity index (χ2v) is 4.33. The average molecular weight is 235 g/mol. The molecule has 2 heterocycles. The Hall–Kier alpha value is -1.95. The van der Waals surface area contributed by atoms with Crippen molar-refractivity contribution in [2.24, 2.45) is 5.73 Å². The minimum atomic E-state index is -0.555. The summed E-state index contributed by atoms with van der Waals surface area (Å²) < 4.78 is 0.882. The molecule has 16 heavy (non-hydrogen) atoms. The molecule has 2 amide bonds. The fourth-order valence-corrected chi connectivity index (χ4v) is 2.28. The molecule has 0 spiro atoms. The molecular formula is C10H9N3O2S. The van der Waals surface area contributed by atoms with Crippen molar-refractivity contribution in [2.45, 2.75) is 0 Å². The molecule has 0 atom stereocenters. The second kappa shape index (κ2) is 3.90. The van der Waals surface area contributed by atoms with Gasteiger partial charge < -0.3 is 10.6 Å². The van der Waals surface area contributed by atoms with Crippen LogP contribution in [0, 0.1) is 0 Å². The largest absolute Gasteiger partial charge is 0.364 e. The van der Waals surface area contributed by atoms with Crippen LogP contribution in [-0.4, -0.2) is 24.3 Å². The van der Waals surface area contributed by atoms with Gasteiger partial charge in [-0.3, -0.25) is 14.6 Å². The molecule has 0 bridgehead atoms. The zero-order chi connectivity index (χ0) is 11.7. The van der Waals surface area contributed by atoms with Gasteiger partial charge in [-0.05, 0) is 12.1 Å². The number of hydrogen-bond acceptors (Lipinski definition) is 4. The normalized spacial score (nSPS) is 10.3. The molecule has 2 aromatic rings. The number of carbonyl (C=O) groups excluding carboxylic acids is 2. The van der Waals surface area contributed by atoms with E-state index in [1.54, 1.807) is 19.3 Å². The number of nitrogens with two attached hydrogens (primary N) is 1. The number of aromatic nitrogens is 1. The summed E-state index contributed by atoms with van der Waals surface area (Å²) in [5, 5.41) is 1.69. The third-order valence-electron chi connectivity index (χ3n) is 2.15. The lowest BCUT2D eigenvalue weighted by Crippen LogP contribution is -2.12. The summed E-state index contributed by atoms with van der Waals surface area (Å²) in [5.41, 5.74) is 5.37. The summed E-state index contributed by atoms with van der Waals surface area (Å²) in [6.45, 7) is 0. The predicted molar refractivity (Wildman–Crippen MR) is 62.6 cm³/mol. The first-order valence-corrected chi connectivity index (χ1v) is 5.31. The Labute approximate surface area is 95.5 Å². The number of hydrogen-bond donors (Lipinski definition) is 1. The van der Waals surface area contributed by atoms with Gasteiger partial charge in [-0.15, -0.1) is 11.3 Å². The van der Waals surface area contributed by atoms with E-state index < -0.39 is 5.91 Å². The molecule has 0 aromatic carbocycles. The van der Waals surface area contributed by atoms with Gasteiger partial charge in [0.2, 0.25) is 6.41 Å². The first-order chi connectivity index (χ1) is 7.61. The third-order valence-corrected chi connectivity index (χ3v) is 3.34. The summed E-state index contributed by atoms with van der Waals surface area (Å²) in [4.78, 5) is 26.9. The highest BCUT2D eigenvalue weighted by atomic mass is 32.1. The van der Waals surface area contributed by atoms with Gasteiger partial charge in [-0.25, -0.2) is 0 Å². The van der Waals surface area contributed by atoms with E-state index in [1.165, 1.54) is 16.2 Å². The number of thiophene rings is 1. The predicted octanol–water partition coefficient (Wildman–Crippen LogP) is 0.988. The molecule has 0 saturated carbocycles. The number of amides is 2. The smallest absolute Gasteiger partial charge is 0.267 e. The number of rotatable bonds is 3. The maximum absolute atomic E-state index is 10.9. The Morgan fingerprint density at radius 2 is 2.31 bits per heavy atom. The van der Waals surface area contributed by atoms with Crippen molar-refractivity contribution in [1.82, 2.24) is 4.98 Å². The highest BCUT2D eigenvalue weighted by Crippen LogP contribution is 2.31. The molecule has 0 unspecified atom stereocenters. The Morgan fingerprint density at radius 1 is 1.56 bits per heavy atom. The zero-order valence-electron chi connectivity index (χ0n) is 8.51. The number of anilines is 1. The van der Waals surface area contributed by atoms with E-state index in [4.69, 9.17) is 5.73 Å². The lowest BCUT2D eigenvalue weighted by Gasteiger charge is -2.04. The highest BCUT2D eigenvalue weighted by molar-refractivity contribution is 7.22. The van der Waals surface area contributed by atoms with Gasteiger partial charge in [0, 0.05) is 23.3 Å². The van der Waals surface area contributed by atoms with Crippen molar-refractivity contribution in [3.05, 3.63) is 24.0 Å². The van der Waals surface area contributed by atoms with Gasteiger partial charge in [0.15, 0.2) is 0 Å².